The fourth-order valence-electron chi connectivity index (χ4n) is 3.52. The minimum absolute atomic E-state index is 0.0898. The van der Waals surface area contributed by atoms with Gasteiger partial charge in [0.2, 0.25) is 5.91 Å². The van der Waals surface area contributed by atoms with Crippen molar-refractivity contribution in [1.82, 2.24) is 20.0 Å². The third kappa shape index (κ3) is 2.60. The molecule has 118 valence electrons. The molecule has 3 aliphatic heterocycles. The van der Waals surface area contributed by atoms with Gasteiger partial charge in [-0.2, -0.15) is 0 Å². The van der Waals surface area contributed by atoms with E-state index in [0.29, 0.717) is 58.8 Å². The average Bonchev–Trinajstić information content (AvgIpc) is 2.53. The monoisotopic (exact) mass is 296 g/mol. The lowest BCUT2D eigenvalue weighted by molar-refractivity contribution is -0.139. The molecule has 3 amide bonds. The molecule has 3 saturated heterocycles. The summed E-state index contributed by atoms with van der Waals surface area (Å²) in [4.78, 5) is 30.6. The number of ether oxygens (including phenoxy) is 1. The Morgan fingerprint density at radius 2 is 1.71 bits per heavy atom. The van der Waals surface area contributed by atoms with Gasteiger partial charge in [-0.3, -0.25) is 9.69 Å². The molecule has 1 spiro atoms. The Labute approximate surface area is 125 Å². The molecule has 0 aromatic heterocycles. The molecular weight excluding hydrogens is 272 g/mol. The Morgan fingerprint density at radius 1 is 1.10 bits per heavy atom. The highest BCUT2D eigenvalue weighted by Crippen LogP contribution is 2.30. The molecule has 0 aliphatic carbocycles. The van der Waals surface area contributed by atoms with Gasteiger partial charge in [-0.25, -0.2) is 4.79 Å². The number of morpholine rings is 1. The van der Waals surface area contributed by atoms with Gasteiger partial charge in [0.05, 0.1) is 13.2 Å². The summed E-state index contributed by atoms with van der Waals surface area (Å²) in [5.74, 6) is 0.120. The van der Waals surface area contributed by atoms with Crippen LogP contribution in [0.4, 0.5) is 4.79 Å². The Hall–Kier alpha value is -1.34. The number of nitrogens with zero attached hydrogens (tertiary/aromatic N) is 3. The van der Waals surface area contributed by atoms with Crippen LogP contribution in [0.3, 0.4) is 0 Å². The van der Waals surface area contributed by atoms with Crippen LogP contribution in [0.5, 0.6) is 0 Å². The van der Waals surface area contributed by atoms with Gasteiger partial charge in [0.15, 0.2) is 0 Å². The molecule has 3 rings (SSSR count). The van der Waals surface area contributed by atoms with Gasteiger partial charge in [0, 0.05) is 39.3 Å². The largest absolute Gasteiger partial charge is 0.378 e. The molecule has 0 atom stereocenters. The van der Waals surface area contributed by atoms with Gasteiger partial charge >= 0.3 is 6.03 Å². The van der Waals surface area contributed by atoms with Crippen molar-refractivity contribution < 1.29 is 14.3 Å². The number of hydrogen-bond acceptors (Lipinski definition) is 4. The molecule has 0 aromatic rings. The van der Waals surface area contributed by atoms with E-state index in [2.05, 4.69) is 10.2 Å². The van der Waals surface area contributed by atoms with Crippen LogP contribution in [-0.4, -0.2) is 91.7 Å². The number of piperidine rings is 1. The Bertz CT molecular complexity index is 414. The molecule has 0 saturated carbocycles. The second-order valence-electron chi connectivity index (χ2n) is 6.08. The predicted octanol–water partition coefficient (Wildman–Crippen LogP) is -0.665. The van der Waals surface area contributed by atoms with Crippen molar-refractivity contribution in [3.63, 3.8) is 0 Å². The van der Waals surface area contributed by atoms with Crippen LogP contribution in [0.15, 0.2) is 0 Å². The zero-order valence-corrected chi connectivity index (χ0v) is 12.6. The molecule has 0 bridgehead atoms. The molecule has 3 fully saturated rings. The summed E-state index contributed by atoms with van der Waals surface area (Å²) in [5, 5.41) is 2.97. The smallest absolute Gasteiger partial charge is 0.320 e. The van der Waals surface area contributed by atoms with Crippen molar-refractivity contribution in [2.45, 2.75) is 18.4 Å². The number of amides is 3. The summed E-state index contributed by atoms with van der Waals surface area (Å²) in [5.41, 5.74) is -0.417. The van der Waals surface area contributed by atoms with Crippen LogP contribution >= 0.6 is 0 Å². The van der Waals surface area contributed by atoms with E-state index in [1.165, 1.54) is 0 Å². The highest BCUT2D eigenvalue weighted by atomic mass is 16.5. The summed E-state index contributed by atoms with van der Waals surface area (Å²) in [7, 11) is 2.01. The molecule has 0 unspecified atom stereocenters. The Balaban J connectivity index is 1.61. The summed E-state index contributed by atoms with van der Waals surface area (Å²) in [6, 6.07) is 0.0898. The van der Waals surface area contributed by atoms with E-state index in [0.717, 1.165) is 6.54 Å². The van der Waals surface area contributed by atoms with Gasteiger partial charge < -0.3 is 19.9 Å². The topological polar surface area (TPSA) is 65.1 Å². The third-order valence-electron chi connectivity index (χ3n) is 5.03. The summed E-state index contributed by atoms with van der Waals surface area (Å²) >= 11 is 0. The van der Waals surface area contributed by atoms with Gasteiger partial charge in [0.1, 0.15) is 5.54 Å². The number of urea groups is 1. The molecule has 7 nitrogen and oxygen atoms in total. The lowest BCUT2D eigenvalue weighted by Crippen LogP contribution is -2.67. The van der Waals surface area contributed by atoms with E-state index < -0.39 is 5.54 Å². The third-order valence-corrected chi connectivity index (χ3v) is 5.03. The first-order valence-electron chi connectivity index (χ1n) is 7.75. The lowest BCUT2D eigenvalue weighted by Gasteiger charge is -2.49. The van der Waals surface area contributed by atoms with Gasteiger partial charge in [-0.05, 0) is 19.9 Å². The summed E-state index contributed by atoms with van der Waals surface area (Å²) in [6.07, 6.45) is 1.43. The Morgan fingerprint density at radius 3 is 2.33 bits per heavy atom. The number of carbonyl (C=O) groups excluding carboxylic acids is 2. The zero-order chi connectivity index (χ0) is 14.9. The van der Waals surface area contributed by atoms with Gasteiger partial charge in [-0.1, -0.05) is 0 Å². The zero-order valence-electron chi connectivity index (χ0n) is 12.6. The van der Waals surface area contributed by atoms with Crippen LogP contribution < -0.4 is 5.32 Å². The van der Waals surface area contributed by atoms with Gasteiger partial charge in [0.25, 0.3) is 0 Å². The quantitative estimate of drug-likeness (QED) is 0.644. The second kappa shape index (κ2) is 5.81. The van der Waals surface area contributed by atoms with E-state index in [-0.39, 0.29) is 11.9 Å². The van der Waals surface area contributed by atoms with Crippen molar-refractivity contribution in [3.8, 4) is 0 Å². The van der Waals surface area contributed by atoms with Crippen molar-refractivity contribution in [2.24, 2.45) is 0 Å². The first kappa shape index (κ1) is 14.6. The molecule has 3 aliphatic rings. The molecule has 21 heavy (non-hydrogen) atoms. The number of hydrogen-bond donors (Lipinski definition) is 1. The molecular formula is C14H24N4O3. The van der Waals surface area contributed by atoms with Crippen LogP contribution in [0.25, 0.3) is 0 Å². The standard InChI is InChI=1S/C14H24N4O3/c1-16-7-4-15-12(19)14(16)2-5-17(6-3-14)13(20)18-8-10-21-11-9-18/h2-11H2,1H3,(H,15,19). The SMILES string of the molecule is CN1CCNC(=O)C12CCN(C(=O)N1CCOCC1)CC2. The lowest BCUT2D eigenvalue weighted by atomic mass is 9.83. The van der Waals surface area contributed by atoms with Crippen LogP contribution in [-0.2, 0) is 9.53 Å². The fraction of sp³-hybridized carbons (Fsp3) is 0.857. The maximum Gasteiger partial charge on any atom is 0.320 e. The van der Waals surface area contributed by atoms with E-state index in [1.807, 2.05) is 16.8 Å². The number of likely N-dealkylation sites (N-methyl/N-ethyl adjacent to an activating group) is 1. The predicted molar refractivity (Wildman–Crippen MR) is 77.0 cm³/mol. The summed E-state index contributed by atoms with van der Waals surface area (Å²) < 4.78 is 5.28. The number of carbonyl (C=O) groups is 2. The highest BCUT2D eigenvalue weighted by molar-refractivity contribution is 5.87. The van der Waals surface area contributed by atoms with Crippen LogP contribution in [0.1, 0.15) is 12.8 Å². The van der Waals surface area contributed by atoms with Crippen molar-refractivity contribution in [3.05, 3.63) is 0 Å². The maximum atomic E-state index is 12.5. The van der Waals surface area contributed by atoms with E-state index in [9.17, 15) is 9.59 Å². The maximum absolute atomic E-state index is 12.5. The van der Waals surface area contributed by atoms with Gasteiger partial charge in [-0.15, -0.1) is 0 Å². The number of nitrogens with one attached hydrogen (secondary N) is 1. The molecule has 1 N–H and O–H groups in total. The van der Waals surface area contributed by atoms with Crippen molar-refractivity contribution >= 4 is 11.9 Å². The van der Waals surface area contributed by atoms with Crippen molar-refractivity contribution in [2.75, 3.05) is 59.5 Å². The van der Waals surface area contributed by atoms with Crippen molar-refractivity contribution in [1.29, 1.82) is 0 Å². The number of piperazine rings is 1. The fourth-order valence-corrected chi connectivity index (χ4v) is 3.52. The van der Waals surface area contributed by atoms with Crippen LogP contribution in [0.2, 0.25) is 0 Å². The van der Waals surface area contributed by atoms with E-state index in [4.69, 9.17) is 4.74 Å². The minimum Gasteiger partial charge on any atom is -0.378 e. The number of likely N-dealkylation sites (tertiary alicyclic amines) is 1. The second-order valence-corrected chi connectivity index (χ2v) is 6.08. The molecule has 0 radical (unpaired) electrons. The normalized spacial score (nSPS) is 26.8. The minimum atomic E-state index is -0.417. The first-order valence-corrected chi connectivity index (χ1v) is 7.75. The first-order chi connectivity index (χ1) is 10.1. The van der Waals surface area contributed by atoms with Crippen LogP contribution in [0, 0.1) is 0 Å². The van der Waals surface area contributed by atoms with E-state index in [1.54, 1.807) is 0 Å². The molecule has 3 heterocycles. The molecule has 7 heteroatoms. The molecule has 0 aromatic carbocycles. The summed E-state index contributed by atoms with van der Waals surface area (Å²) in [6.45, 7) is 5.46. The Kier molecular flexibility index (Phi) is 4.03. The highest BCUT2D eigenvalue weighted by Gasteiger charge is 2.47. The number of rotatable bonds is 0. The van der Waals surface area contributed by atoms with E-state index >= 15 is 0 Å². The average molecular weight is 296 g/mol.